The van der Waals surface area contributed by atoms with Crippen LogP contribution in [-0.2, 0) is 5.60 Å². The van der Waals surface area contributed by atoms with Gasteiger partial charge in [0, 0.05) is 43.7 Å². The van der Waals surface area contributed by atoms with Crippen molar-refractivity contribution in [3.8, 4) is 0 Å². The number of hydrogen-bond acceptors (Lipinski definition) is 3. The van der Waals surface area contributed by atoms with Crippen LogP contribution in [0.4, 0.5) is 5.69 Å². The first-order chi connectivity index (χ1) is 8.22. The fourth-order valence-electron chi connectivity index (χ4n) is 2.48. The van der Waals surface area contributed by atoms with E-state index >= 15 is 0 Å². The number of para-hydroxylation sites is 1. The minimum atomic E-state index is -0.993. The summed E-state index contributed by atoms with van der Waals surface area (Å²) in [5, 5.41) is 10.9. The van der Waals surface area contributed by atoms with Gasteiger partial charge < -0.3 is 15.0 Å². The maximum atomic E-state index is 10.9. The van der Waals surface area contributed by atoms with Gasteiger partial charge in [0.2, 0.25) is 0 Å². The zero-order chi connectivity index (χ0) is 11.9. The molecular weight excluding hydrogens is 214 g/mol. The Kier molecular flexibility index (Phi) is 2.19. The van der Waals surface area contributed by atoms with Crippen molar-refractivity contribution in [2.45, 2.75) is 12.0 Å². The summed E-state index contributed by atoms with van der Waals surface area (Å²) in [5.41, 5.74) is 0.994. The lowest BCUT2D eigenvalue weighted by molar-refractivity contribution is 0.0607. The molecular formula is C13H15N3O. The first-order valence-electron chi connectivity index (χ1n) is 5.75. The number of nitrogens with zero attached hydrogens (tertiary/aromatic N) is 2. The van der Waals surface area contributed by atoms with Gasteiger partial charge in [-0.3, -0.25) is 0 Å². The molecule has 0 saturated carbocycles. The van der Waals surface area contributed by atoms with E-state index in [0.29, 0.717) is 12.2 Å². The Morgan fingerprint density at radius 3 is 3.00 bits per heavy atom. The molecule has 2 N–H and O–H groups in total. The van der Waals surface area contributed by atoms with Crippen molar-refractivity contribution < 1.29 is 5.11 Å². The highest BCUT2D eigenvalue weighted by Crippen LogP contribution is 2.40. The second-order valence-electron chi connectivity index (χ2n) is 4.49. The van der Waals surface area contributed by atoms with Crippen LogP contribution in [0, 0.1) is 0 Å². The van der Waals surface area contributed by atoms with E-state index in [1.54, 1.807) is 12.4 Å². The van der Waals surface area contributed by atoms with E-state index in [1.807, 2.05) is 31.3 Å². The van der Waals surface area contributed by atoms with Gasteiger partial charge in [-0.2, -0.15) is 0 Å². The van der Waals surface area contributed by atoms with Crippen LogP contribution in [0.1, 0.15) is 17.8 Å². The molecule has 4 nitrogen and oxygen atoms in total. The van der Waals surface area contributed by atoms with Gasteiger partial charge in [-0.15, -0.1) is 0 Å². The first-order valence-corrected chi connectivity index (χ1v) is 5.75. The largest absolute Gasteiger partial charge is 0.377 e. The average molecular weight is 229 g/mol. The highest BCUT2D eigenvalue weighted by molar-refractivity contribution is 5.59. The maximum absolute atomic E-state index is 10.9. The van der Waals surface area contributed by atoms with Crippen LogP contribution in [0.15, 0.2) is 36.7 Å². The lowest BCUT2D eigenvalue weighted by Crippen LogP contribution is -2.40. The molecule has 1 atom stereocenters. The summed E-state index contributed by atoms with van der Waals surface area (Å²) in [7, 11) is 2.04. The number of H-pyrrole nitrogens is 1. The third-order valence-corrected chi connectivity index (χ3v) is 3.46. The van der Waals surface area contributed by atoms with E-state index in [9.17, 15) is 5.11 Å². The summed E-state index contributed by atoms with van der Waals surface area (Å²) in [6.45, 7) is 0.814. The minimum absolute atomic E-state index is 0.623. The van der Waals surface area contributed by atoms with E-state index in [0.717, 1.165) is 17.8 Å². The maximum Gasteiger partial charge on any atom is 0.151 e. The number of nitrogens with one attached hydrogen (secondary N) is 1. The fourth-order valence-corrected chi connectivity index (χ4v) is 2.48. The predicted octanol–water partition coefficient (Wildman–Crippen LogP) is 1.49. The molecule has 2 aromatic rings. The summed E-state index contributed by atoms with van der Waals surface area (Å²) < 4.78 is 0. The van der Waals surface area contributed by atoms with Crippen molar-refractivity contribution in [3.05, 3.63) is 48.0 Å². The van der Waals surface area contributed by atoms with Crippen molar-refractivity contribution in [2.75, 3.05) is 18.5 Å². The fraction of sp³-hybridized carbons (Fsp3) is 0.308. The van der Waals surface area contributed by atoms with Gasteiger partial charge in [0.1, 0.15) is 5.82 Å². The van der Waals surface area contributed by atoms with Crippen molar-refractivity contribution in [2.24, 2.45) is 0 Å². The molecule has 0 fully saturated rings. The summed E-state index contributed by atoms with van der Waals surface area (Å²) in [4.78, 5) is 9.39. The Labute approximate surface area is 99.9 Å². The first kappa shape index (κ1) is 10.4. The van der Waals surface area contributed by atoms with E-state index in [4.69, 9.17) is 0 Å². The second kappa shape index (κ2) is 3.60. The predicted molar refractivity (Wildman–Crippen MR) is 65.9 cm³/mol. The standard InChI is InChI=1S/C13H15N3O/c1-16-9-6-13(17,12-14-7-8-15-12)10-4-2-3-5-11(10)16/h2-5,7-8,17H,6,9H2,1H3,(H,14,15). The molecule has 1 unspecified atom stereocenters. The smallest absolute Gasteiger partial charge is 0.151 e. The Morgan fingerprint density at radius 2 is 2.24 bits per heavy atom. The molecule has 1 aromatic carbocycles. The highest BCUT2D eigenvalue weighted by Gasteiger charge is 2.39. The van der Waals surface area contributed by atoms with Gasteiger partial charge in [0.25, 0.3) is 0 Å². The minimum Gasteiger partial charge on any atom is -0.377 e. The van der Waals surface area contributed by atoms with Crippen LogP contribution < -0.4 is 4.90 Å². The van der Waals surface area contributed by atoms with Crippen molar-refractivity contribution in [3.63, 3.8) is 0 Å². The number of hydrogen-bond donors (Lipinski definition) is 2. The third-order valence-electron chi connectivity index (χ3n) is 3.46. The van der Waals surface area contributed by atoms with Crippen LogP contribution in [0.5, 0.6) is 0 Å². The van der Waals surface area contributed by atoms with Gasteiger partial charge in [-0.25, -0.2) is 4.98 Å². The molecule has 0 aliphatic carbocycles. The Balaban J connectivity index is 2.18. The molecule has 17 heavy (non-hydrogen) atoms. The summed E-state index contributed by atoms with van der Waals surface area (Å²) in [5.74, 6) is 0.623. The quantitative estimate of drug-likeness (QED) is 0.779. The molecule has 88 valence electrons. The molecule has 0 amide bonds. The molecule has 0 saturated heterocycles. The van der Waals surface area contributed by atoms with Gasteiger partial charge in [-0.1, -0.05) is 18.2 Å². The molecule has 2 heterocycles. The van der Waals surface area contributed by atoms with Crippen molar-refractivity contribution in [1.29, 1.82) is 0 Å². The Bertz CT molecular complexity index is 523. The number of aromatic amines is 1. The number of anilines is 1. The van der Waals surface area contributed by atoms with E-state index < -0.39 is 5.60 Å². The SMILES string of the molecule is CN1CCC(O)(c2ncc[nH]2)c2ccccc21. The second-order valence-corrected chi connectivity index (χ2v) is 4.49. The number of aliphatic hydroxyl groups is 1. The van der Waals surface area contributed by atoms with Gasteiger partial charge in [0.05, 0.1) is 0 Å². The molecule has 4 heteroatoms. The summed E-state index contributed by atoms with van der Waals surface area (Å²) in [6, 6.07) is 7.94. The Hall–Kier alpha value is -1.81. The lowest BCUT2D eigenvalue weighted by Gasteiger charge is -2.38. The number of benzene rings is 1. The van der Waals surface area contributed by atoms with Crippen LogP contribution in [-0.4, -0.2) is 28.7 Å². The van der Waals surface area contributed by atoms with Gasteiger partial charge in [-0.05, 0) is 6.07 Å². The average Bonchev–Trinajstić information content (AvgIpc) is 2.89. The normalized spacial score (nSPS) is 23.5. The number of rotatable bonds is 1. The van der Waals surface area contributed by atoms with Crippen LogP contribution in [0.3, 0.4) is 0 Å². The summed E-state index contributed by atoms with van der Waals surface area (Å²) in [6.07, 6.45) is 4.07. The monoisotopic (exact) mass is 229 g/mol. The van der Waals surface area contributed by atoms with Crippen LogP contribution in [0.2, 0.25) is 0 Å². The molecule has 0 bridgehead atoms. The number of fused-ring (bicyclic) bond motifs is 1. The molecule has 1 aromatic heterocycles. The molecule has 3 rings (SSSR count). The van der Waals surface area contributed by atoms with E-state index in [2.05, 4.69) is 14.9 Å². The molecule has 0 spiro atoms. The molecule has 0 radical (unpaired) electrons. The summed E-state index contributed by atoms with van der Waals surface area (Å²) >= 11 is 0. The van der Waals surface area contributed by atoms with E-state index in [1.165, 1.54) is 0 Å². The molecule has 1 aliphatic rings. The van der Waals surface area contributed by atoms with Gasteiger partial charge in [0.15, 0.2) is 5.60 Å². The van der Waals surface area contributed by atoms with Crippen LogP contribution in [0.25, 0.3) is 0 Å². The number of imidazole rings is 1. The number of aromatic nitrogens is 2. The van der Waals surface area contributed by atoms with Crippen molar-refractivity contribution in [1.82, 2.24) is 9.97 Å². The molecule has 1 aliphatic heterocycles. The zero-order valence-corrected chi connectivity index (χ0v) is 9.72. The van der Waals surface area contributed by atoms with Gasteiger partial charge >= 0.3 is 0 Å². The topological polar surface area (TPSA) is 52.1 Å². The zero-order valence-electron chi connectivity index (χ0n) is 9.72. The third kappa shape index (κ3) is 1.45. The highest BCUT2D eigenvalue weighted by atomic mass is 16.3. The lowest BCUT2D eigenvalue weighted by atomic mass is 9.85. The van der Waals surface area contributed by atoms with Crippen molar-refractivity contribution >= 4 is 5.69 Å². The van der Waals surface area contributed by atoms with E-state index in [-0.39, 0.29) is 0 Å². The van der Waals surface area contributed by atoms with Crippen LogP contribution >= 0.6 is 0 Å². The Morgan fingerprint density at radius 1 is 1.41 bits per heavy atom.